The summed E-state index contributed by atoms with van der Waals surface area (Å²) >= 11 is 0. The average Bonchev–Trinajstić information content (AvgIpc) is 2.76. The molecule has 1 heterocycles. The van der Waals surface area contributed by atoms with E-state index in [4.69, 9.17) is 9.47 Å². The molecular formula is C22H33N3O7S. The normalized spacial score (nSPS) is 18.9. The van der Waals surface area contributed by atoms with Crippen LogP contribution in [0.4, 0.5) is 4.79 Å². The van der Waals surface area contributed by atoms with Gasteiger partial charge in [-0.2, -0.15) is 4.31 Å². The maximum absolute atomic E-state index is 13.3. The van der Waals surface area contributed by atoms with Crippen LogP contribution in [0.25, 0.3) is 0 Å². The first kappa shape index (κ1) is 26.6. The number of benzene rings is 1. The molecule has 10 nitrogen and oxygen atoms in total. The summed E-state index contributed by atoms with van der Waals surface area (Å²) in [5.41, 5.74) is -0.0484. The lowest BCUT2D eigenvalue weighted by molar-refractivity contribution is -0.123. The number of esters is 1. The standard InChI is InChI=1S/C22H33N3O7S/c1-5-6-9-23-22(28)24-20(26)14-32-21(27)17-7-8-18(31-4)19(11-17)33(29,30)25-12-15(2)10-16(3)13-25/h7-8,11,15-16H,5-6,9-10,12-14H2,1-4H3,(H2,23,24,26,28). The summed E-state index contributed by atoms with van der Waals surface area (Å²) in [5, 5.41) is 4.57. The van der Waals surface area contributed by atoms with E-state index >= 15 is 0 Å². The molecule has 0 bridgehead atoms. The van der Waals surface area contributed by atoms with Crippen molar-refractivity contribution >= 4 is 27.9 Å². The van der Waals surface area contributed by atoms with Gasteiger partial charge in [-0.25, -0.2) is 18.0 Å². The summed E-state index contributed by atoms with van der Waals surface area (Å²) < 4.78 is 38.2. The van der Waals surface area contributed by atoms with Gasteiger partial charge in [-0.1, -0.05) is 27.2 Å². The lowest BCUT2D eigenvalue weighted by atomic mass is 9.94. The largest absolute Gasteiger partial charge is 0.495 e. The van der Waals surface area contributed by atoms with Gasteiger partial charge in [-0.3, -0.25) is 10.1 Å². The highest BCUT2D eigenvalue weighted by atomic mass is 32.2. The molecule has 1 fully saturated rings. The van der Waals surface area contributed by atoms with E-state index < -0.39 is 34.5 Å². The van der Waals surface area contributed by atoms with Crippen molar-refractivity contribution in [2.45, 2.75) is 44.9 Å². The molecule has 2 atom stereocenters. The first-order valence-electron chi connectivity index (χ1n) is 11.0. The smallest absolute Gasteiger partial charge is 0.338 e. The van der Waals surface area contributed by atoms with E-state index in [0.717, 1.165) is 19.3 Å². The lowest BCUT2D eigenvalue weighted by Crippen LogP contribution is -2.42. The van der Waals surface area contributed by atoms with E-state index in [0.29, 0.717) is 19.6 Å². The van der Waals surface area contributed by atoms with Crippen LogP contribution in [-0.4, -0.2) is 64.0 Å². The highest BCUT2D eigenvalue weighted by Crippen LogP contribution is 2.32. The third-order valence-electron chi connectivity index (χ3n) is 5.26. The van der Waals surface area contributed by atoms with Crippen LogP contribution < -0.4 is 15.4 Å². The summed E-state index contributed by atoms with van der Waals surface area (Å²) in [7, 11) is -2.57. The number of rotatable bonds is 9. The molecule has 2 unspecified atom stereocenters. The fourth-order valence-corrected chi connectivity index (χ4v) is 5.61. The minimum absolute atomic E-state index is 0.0484. The van der Waals surface area contributed by atoms with E-state index in [1.165, 1.54) is 29.6 Å². The number of sulfonamides is 1. The zero-order valence-corrected chi connectivity index (χ0v) is 20.4. The highest BCUT2D eigenvalue weighted by molar-refractivity contribution is 7.89. The Morgan fingerprint density at radius 1 is 1.15 bits per heavy atom. The zero-order valence-electron chi connectivity index (χ0n) is 19.5. The van der Waals surface area contributed by atoms with E-state index in [1.807, 2.05) is 20.8 Å². The second-order valence-corrected chi connectivity index (χ2v) is 10.3. The van der Waals surface area contributed by atoms with Crippen LogP contribution >= 0.6 is 0 Å². The quantitative estimate of drug-likeness (QED) is 0.406. The van der Waals surface area contributed by atoms with Gasteiger partial charge in [0.05, 0.1) is 12.7 Å². The number of hydrogen-bond acceptors (Lipinski definition) is 7. The van der Waals surface area contributed by atoms with Gasteiger partial charge < -0.3 is 14.8 Å². The molecule has 0 aliphatic carbocycles. The number of methoxy groups -OCH3 is 1. The molecule has 0 radical (unpaired) electrons. The average molecular weight is 484 g/mol. The minimum atomic E-state index is -3.92. The maximum Gasteiger partial charge on any atom is 0.338 e. The molecule has 3 amide bonds. The molecule has 11 heteroatoms. The molecule has 184 valence electrons. The fourth-order valence-electron chi connectivity index (χ4n) is 3.75. The molecule has 0 saturated carbocycles. The molecule has 2 N–H and O–H groups in total. The molecule has 1 aromatic rings. The van der Waals surface area contributed by atoms with E-state index in [1.54, 1.807) is 0 Å². The molecule has 33 heavy (non-hydrogen) atoms. The fraction of sp³-hybridized carbons (Fsp3) is 0.591. The van der Waals surface area contributed by atoms with Crippen molar-refractivity contribution in [3.8, 4) is 5.75 Å². The number of amides is 3. The van der Waals surface area contributed by atoms with Crippen molar-refractivity contribution in [2.24, 2.45) is 11.8 Å². The van der Waals surface area contributed by atoms with Gasteiger partial charge >= 0.3 is 12.0 Å². The van der Waals surface area contributed by atoms with E-state index in [9.17, 15) is 22.8 Å². The molecule has 1 aromatic carbocycles. The van der Waals surface area contributed by atoms with Crippen molar-refractivity contribution in [1.29, 1.82) is 0 Å². The summed E-state index contributed by atoms with van der Waals surface area (Å²) in [6.07, 6.45) is 2.60. The van der Waals surface area contributed by atoms with E-state index in [-0.39, 0.29) is 28.0 Å². The van der Waals surface area contributed by atoms with Crippen LogP contribution in [0.2, 0.25) is 0 Å². The van der Waals surface area contributed by atoms with Crippen LogP contribution in [0.5, 0.6) is 5.75 Å². The Balaban J connectivity index is 2.09. The van der Waals surface area contributed by atoms with Gasteiger partial charge in [0.2, 0.25) is 10.0 Å². The zero-order chi connectivity index (χ0) is 24.6. The monoisotopic (exact) mass is 483 g/mol. The predicted octanol–water partition coefficient (Wildman–Crippen LogP) is 2.14. The second kappa shape index (κ2) is 12.0. The SMILES string of the molecule is CCCCNC(=O)NC(=O)COC(=O)c1ccc(OC)c(S(=O)(=O)N2CC(C)CC(C)C2)c1. The van der Waals surface area contributed by atoms with Crippen molar-refractivity contribution in [2.75, 3.05) is 33.4 Å². The number of urea groups is 1. The number of hydrogen-bond donors (Lipinski definition) is 2. The van der Waals surface area contributed by atoms with Crippen molar-refractivity contribution in [3.63, 3.8) is 0 Å². The number of carbonyl (C=O) groups excluding carboxylic acids is 3. The van der Waals surface area contributed by atoms with Crippen LogP contribution in [0.15, 0.2) is 23.1 Å². The van der Waals surface area contributed by atoms with E-state index in [2.05, 4.69) is 10.6 Å². The van der Waals surface area contributed by atoms with Crippen LogP contribution in [0.3, 0.4) is 0 Å². The minimum Gasteiger partial charge on any atom is -0.495 e. The number of carbonyl (C=O) groups is 3. The van der Waals surface area contributed by atoms with Crippen molar-refractivity contribution in [3.05, 3.63) is 23.8 Å². The lowest BCUT2D eigenvalue weighted by Gasteiger charge is -2.34. The number of piperidine rings is 1. The van der Waals surface area contributed by atoms with Gasteiger partial charge in [0.1, 0.15) is 10.6 Å². The van der Waals surface area contributed by atoms with Gasteiger partial charge in [-0.15, -0.1) is 0 Å². The van der Waals surface area contributed by atoms with Crippen LogP contribution in [0, 0.1) is 11.8 Å². The number of unbranched alkanes of at least 4 members (excludes halogenated alkanes) is 1. The second-order valence-electron chi connectivity index (χ2n) is 8.37. The van der Waals surface area contributed by atoms with Crippen LogP contribution in [0.1, 0.15) is 50.4 Å². The van der Waals surface area contributed by atoms with Gasteiger partial charge in [0, 0.05) is 19.6 Å². The number of nitrogens with one attached hydrogen (secondary N) is 2. The topological polar surface area (TPSA) is 131 Å². The summed E-state index contributed by atoms with van der Waals surface area (Å²) in [6.45, 7) is 6.46. The molecular weight excluding hydrogens is 450 g/mol. The van der Waals surface area contributed by atoms with Crippen LogP contribution in [-0.2, 0) is 19.6 Å². The number of ether oxygens (including phenoxy) is 2. The van der Waals surface area contributed by atoms with Gasteiger partial charge in [0.25, 0.3) is 5.91 Å². The molecule has 2 rings (SSSR count). The summed E-state index contributed by atoms with van der Waals surface area (Å²) in [5.74, 6) is -1.16. The van der Waals surface area contributed by atoms with Crippen molar-refractivity contribution < 1.29 is 32.3 Å². The molecule has 1 aliphatic rings. The summed E-state index contributed by atoms with van der Waals surface area (Å²) in [6, 6.07) is 3.25. The number of imide groups is 1. The molecule has 0 aromatic heterocycles. The summed E-state index contributed by atoms with van der Waals surface area (Å²) in [4.78, 5) is 35.8. The Labute approximate surface area is 195 Å². The molecule has 1 aliphatic heterocycles. The Hall–Kier alpha value is -2.66. The first-order chi connectivity index (χ1) is 15.6. The first-order valence-corrected chi connectivity index (χ1v) is 12.5. The third-order valence-corrected chi connectivity index (χ3v) is 7.11. The Morgan fingerprint density at radius 3 is 2.42 bits per heavy atom. The van der Waals surface area contributed by atoms with Gasteiger partial charge in [0.15, 0.2) is 6.61 Å². The Morgan fingerprint density at radius 2 is 1.82 bits per heavy atom. The highest BCUT2D eigenvalue weighted by Gasteiger charge is 2.34. The number of nitrogens with zero attached hydrogens (tertiary/aromatic N) is 1. The van der Waals surface area contributed by atoms with Gasteiger partial charge in [-0.05, 0) is 42.9 Å². The Bertz CT molecular complexity index is 955. The Kier molecular flexibility index (Phi) is 9.66. The maximum atomic E-state index is 13.3. The third kappa shape index (κ3) is 7.43. The predicted molar refractivity (Wildman–Crippen MR) is 121 cm³/mol. The molecule has 1 saturated heterocycles. The molecule has 0 spiro atoms. The van der Waals surface area contributed by atoms with Crippen molar-refractivity contribution in [1.82, 2.24) is 14.9 Å².